The van der Waals surface area contributed by atoms with Crippen molar-refractivity contribution in [2.45, 2.75) is 72.1 Å². The normalized spacial score (nSPS) is 11.2. The Bertz CT molecular complexity index is 332. The zero-order valence-electron chi connectivity index (χ0n) is 13.5. The Kier molecular flexibility index (Phi) is 9.35. The van der Waals surface area contributed by atoms with Gasteiger partial charge in [0, 0.05) is 19.2 Å². The summed E-state index contributed by atoms with van der Waals surface area (Å²) >= 11 is 0. The predicted octanol–water partition coefficient (Wildman–Crippen LogP) is 4.67. The maximum atomic E-state index is 5.72. The lowest BCUT2D eigenvalue weighted by Gasteiger charge is -2.09. The smallest absolute Gasteiger partial charge is 0.0716 e. The van der Waals surface area contributed by atoms with E-state index in [1.54, 1.807) is 0 Å². The highest BCUT2D eigenvalue weighted by Crippen LogP contribution is 2.07. The largest absolute Gasteiger partial charge is 0.377 e. The summed E-state index contributed by atoms with van der Waals surface area (Å²) in [6, 6.07) is 9.26. The molecule has 2 heteroatoms. The lowest BCUT2D eigenvalue weighted by molar-refractivity contribution is 0.116. The van der Waals surface area contributed by atoms with E-state index in [0.717, 1.165) is 19.8 Å². The molecule has 0 heterocycles. The second-order valence-electron chi connectivity index (χ2n) is 5.82. The van der Waals surface area contributed by atoms with Crippen LogP contribution in [0.4, 0.5) is 0 Å². The first kappa shape index (κ1) is 17.2. The molecule has 0 spiro atoms. The summed E-state index contributed by atoms with van der Waals surface area (Å²) in [5.41, 5.74) is 2.61. The summed E-state index contributed by atoms with van der Waals surface area (Å²) in [6.45, 7) is 9.16. The summed E-state index contributed by atoms with van der Waals surface area (Å²) < 4.78 is 5.72. The van der Waals surface area contributed by atoms with E-state index in [9.17, 15) is 0 Å². The second-order valence-corrected chi connectivity index (χ2v) is 5.82. The number of hydrogen-bond donors (Lipinski definition) is 1. The molecule has 1 N–H and O–H groups in total. The first-order chi connectivity index (χ1) is 9.72. The van der Waals surface area contributed by atoms with Crippen molar-refractivity contribution in [1.29, 1.82) is 0 Å². The first-order valence-electron chi connectivity index (χ1n) is 8.11. The van der Waals surface area contributed by atoms with E-state index >= 15 is 0 Å². The van der Waals surface area contributed by atoms with Crippen LogP contribution in [0, 0.1) is 0 Å². The molecule has 0 aliphatic rings. The number of rotatable bonds is 11. The molecular weight excluding hydrogens is 246 g/mol. The molecule has 1 aromatic carbocycles. The van der Waals surface area contributed by atoms with Crippen molar-refractivity contribution in [3.8, 4) is 0 Å². The van der Waals surface area contributed by atoms with Gasteiger partial charge in [0.1, 0.15) is 0 Å². The van der Waals surface area contributed by atoms with Crippen molar-refractivity contribution < 1.29 is 4.74 Å². The molecule has 1 rings (SSSR count). The van der Waals surface area contributed by atoms with Gasteiger partial charge in [-0.2, -0.15) is 0 Å². The number of ether oxygens (including phenoxy) is 1. The molecule has 0 saturated carbocycles. The molecular formula is C18H31NO. The van der Waals surface area contributed by atoms with Gasteiger partial charge >= 0.3 is 0 Å². The standard InChI is InChI=1S/C18H31NO/c1-4-5-6-7-8-13-20-15-18-11-9-17(10-12-18)14-19-16(2)3/h9-12,16,19H,4-8,13-15H2,1-3H3. The Morgan fingerprint density at radius 2 is 1.60 bits per heavy atom. The van der Waals surface area contributed by atoms with E-state index in [1.165, 1.54) is 43.2 Å². The zero-order valence-corrected chi connectivity index (χ0v) is 13.5. The molecule has 0 unspecified atom stereocenters. The predicted molar refractivity (Wildman–Crippen MR) is 86.8 cm³/mol. The van der Waals surface area contributed by atoms with E-state index in [2.05, 4.69) is 50.4 Å². The fourth-order valence-corrected chi connectivity index (χ4v) is 2.07. The monoisotopic (exact) mass is 277 g/mol. The first-order valence-corrected chi connectivity index (χ1v) is 8.11. The van der Waals surface area contributed by atoms with Crippen molar-refractivity contribution in [2.75, 3.05) is 6.61 Å². The number of benzene rings is 1. The summed E-state index contributed by atoms with van der Waals surface area (Å²) in [7, 11) is 0. The van der Waals surface area contributed by atoms with Crippen molar-refractivity contribution >= 4 is 0 Å². The van der Waals surface area contributed by atoms with E-state index in [0.29, 0.717) is 6.04 Å². The summed E-state index contributed by atoms with van der Waals surface area (Å²) in [6.07, 6.45) is 6.49. The summed E-state index contributed by atoms with van der Waals surface area (Å²) in [4.78, 5) is 0. The van der Waals surface area contributed by atoms with Crippen LogP contribution in [0.1, 0.15) is 64.0 Å². The molecule has 0 saturated heterocycles. The third-order valence-corrected chi connectivity index (χ3v) is 3.40. The highest BCUT2D eigenvalue weighted by atomic mass is 16.5. The molecule has 2 nitrogen and oxygen atoms in total. The van der Waals surface area contributed by atoms with Crippen molar-refractivity contribution in [2.24, 2.45) is 0 Å². The molecule has 20 heavy (non-hydrogen) atoms. The van der Waals surface area contributed by atoms with Crippen LogP contribution in [-0.2, 0) is 17.9 Å². The molecule has 0 radical (unpaired) electrons. The van der Waals surface area contributed by atoms with Crippen molar-refractivity contribution in [3.05, 3.63) is 35.4 Å². The lowest BCUT2D eigenvalue weighted by Crippen LogP contribution is -2.21. The van der Waals surface area contributed by atoms with E-state index in [4.69, 9.17) is 4.74 Å². The fourth-order valence-electron chi connectivity index (χ4n) is 2.07. The van der Waals surface area contributed by atoms with Crippen molar-refractivity contribution in [1.82, 2.24) is 5.32 Å². The van der Waals surface area contributed by atoms with Crippen LogP contribution in [0.5, 0.6) is 0 Å². The van der Waals surface area contributed by atoms with Crippen LogP contribution >= 0.6 is 0 Å². The maximum absolute atomic E-state index is 5.72. The molecule has 114 valence electrons. The van der Waals surface area contributed by atoms with Crippen LogP contribution in [0.15, 0.2) is 24.3 Å². The number of nitrogens with one attached hydrogen (secondary N) is 1. The van der Waals surface area contributed by atoms with Gasteiger partial charge in [0.15, 0.2) is 0 Å². The van der Waals surface area contributed by atoms with Gasteiger partial charge in [0.2, 0.25) is 0 Å². The van der Waals surface area contributed by atoms with Crippen LogP contribution < -0.4 is 5.32 Å². The quantitative estimate of drug-likeness (QED) is 0.593. The average molecular weight is 277 g/mol. The Morgan fingerprint density at radius 1 is 0.950 bits per heavy atom. The molecule has 0 amide bonds. The molecule has 0 atom stereocenters. The summed E-state index contributed by atoms with van der Waals surface area (Å²) in [5, 5.41) is 3.43. The van der Waals surface area contributed by atoms with Gasteiger partial charge in [-0.05, 0) is 17.5 Å². The minimum absolute atomic E-state index is 0.533. The van der Waals surface area contributed by atoms with E-state index in [1.807, 2.05) is 0 Å². The molecule has 0 aliphatic heterocycles. The van der Waals surface area contributed by atoms with E-state index < -0.39 is 0 Å². The minimum atomic E-state index is 0.533. The third-order valence-electron chi connectivity index (χ3n) is 3.40. The van der Waals surface area contributed by atoms with Gasteiger partial charge in [-0.3, -0.25) is 0 Å². The third kappa shape index (κ3) is 8.34. The Balaban J connectivity index is 2.12. The van der Waals surface area contributed by atoms with E-state index in [-0.39, 0.29) is 0 Å². The topological polar surface area (TPSA) is 21.3 Å². The molecule has 0 aromatic heterocycles. The van der Waals surface area contributed by atoms with Crippen LogP contribution in [0.3, 0.4) is 0 Å². The van der Waals surface area contributed by atoms with Gasteiger partial charge in [0.25, 0.3) is 0 Å². The van der Waals surface area contributed by atoms with Crippen LogP contribution in [0.2, 0.25) is 0 Å². The molecule has 0 bridgehead atoms. The SMILES string of the molecule is CCCCCCCOCc1ccc(CNC(C)C)cc1. The molecule has 1 aromatic rings. The van der Waals surface area contributed by atoms with Gasteiger partial charge in [-0.15, -0.1) is 0 Å². The molecule has 0 fully saturated rings. The maximum Gasteiger partial charge on any atom is 0.0716 e. The second kappa shape index (κ2) is 10.9. The van der Waals surface area contributed by atoms with Crippen LogP contribution in [-0.4, -0.2) is 12.6 Å². The summed E-state index contributed by atoms with van der Waals surface area (Å²) in [5.74, 6) is 0. The van der Waals surface area contributed by atoms with Crippen LogP contribution in [0.25, 0.3) is 0 Å². The Morgan fingerprint density at radius 3 is 2.25 bits per heavy atom. The highest BCUT2D eigenvalue weighted by Gasteiger charge is 1.97. The molecule has 0 aliphatic carbocycles. The van der Waals surface area contributed by atoms with Crippen molar-refractivity contribution in [3.63, 3.8) is 0 Å². The Hall–Kier alpha value is -0.860. The van der Waals surface area contributed by atoms with Gasteiger partial charge in [-0.1, -0.05) is 70.7 Å². The highest BCUT2D eigenvalue weighted by molar-refractivity contribution is 5.21. The fraction of sp³-hybridized carbons (Fsp3) is 0.667. The van der Waals surface area contributed by atoms with Gasteiger partial charge in [0.05, 0.1) is 6.61 Å². The minimum Gasteiger partial charge on any atom is -0.377 e. The zero-order chi connectivity index (χ0) is 14.6. The lowest BCUT2D eigenvalue weighted by atomic mass is 10.1. The Labute approximate surface area is 124 Å². The number of hydrogen-bond acceptors (Lipinski definition) is 2. The van der Waals surface area contributed by atoms with Gasteiger partial charge < -0.3 is 10.1 Å². The average Bonchev–Trinajstić information content (AvgIpc) is 2.45. The van der Waals surface area contributed by atoms with Gasteiger partial charge in [-0.25, -0.2) is 0 Å². The number of unbranched alkanes of at least 4 members (excludes halogenated alkanes) is 4.